The molecule has 22 heavy (non-hydrogen) atoms. The van der Waals surface area contributed by atoms with Gasteiger partial charge in [-0.3, -0.25) is 0 Å². The quantitative estimate of drug-likeness (QED) is 0.722. The summed E-state index contributed by atoms with van der Waals surface area (Å²) in [6, 6.07) is 20.7. The van der Waals surface area contributed by atoms with Crippen LogP contribution in [-0.4, -0.2) is 4.90 Å². The maximum absolute atomic E-state index is 4.28. The smallest absolute Gasteiger partial charge is 0.0490 e. The Morgan fingerprint density at radius 3 is 2.05 bits per heavy atom. The zero-order valence-electron chi connectivity index (χ0n) is 12.7. The van der Waals surface area contributed by atoms with E-state index in [1.54, 1.807) is 0 Å². The summed E-state index contributed by atoms with van der Waals surface area (Å²) in [5.41, 5.74) is 5.72. The summed E-state index contributed by atoms with van der Waals surface area (Å²) in [7, 11) is 0. The molecule has 0 aromatic heterocycles. The molecular weight excluding hydrogens is 266 g/mol. The Kier molecular flexibility index (Phi) is 4.06. The summed E-state index contributed by atoms with van der Waals surface area (Å²) in [5, 5.41) is 0. The van der Waals surface area contributed by atoms with Gasteiger partial charge in [-0.1, -0.05) is 73.3 Å². The van der Waals surface area contributed by atoms with Gasteiger partial charge >= 0.3 is 0 Å². The van der Waals surface area contributed by atoms with E-state index in [-0.39, 0.29) is 0 Å². The molecule has 0 saturated carbocycles. The van der Waals surface area contributed by atoms with Crippen LogP contribution >= 0.6 is 0 Å². The Labute approximate surface area is 132 Å². The first-order valence-corrected chi connectivity index (χ1v) is 7.42. The minimum Gasteiger partial charge on any atom is -0.317 e. The van der Waals surface area contributed by atoms with Crippen LogP contribution in [-0.2, 0) is 0 Å². The van der Waals surface area contributed by atoms with Gasteiger partial charge in [0, 0.05) is 17.6 Å². The molecule has 1 heterocycles. The van der Waals surface area contributed by atoms with Crippen molar-refractivity contribution in [3.8, 4) is 0 Å². The predicted molar refractivity (Wildman–Crippen MR) is 94.6 cm³/mol. The molecule has 1 nitrogen and oxygen atoms in total. The minimum atomic E-state index is 0.978. The number of nitrogens with zero attached hydrogens (tertiary/aromatic N) is 1. The van der Waals surface area contributed by atoms with Gasteiger partial charge in [-0.05, 0) is 35.8 Å². The first-order chi connectivity index (χ1) is 10.8. The average Bonchev–Trinajstić information content (AvgIpc) is 2.62. The van der Waals surface area contributed by atoms with Gasteiger partial charge in [-0.2, -0.15) is 0 Å². The van der Waals surface area contributed by atoms with Crippen molar-refractivity contribution in [2.75, 3.05) is 0 Å². The lowest BCUT2D eigenvalue weighted by molar-refractivity contribution is 0.678. The van der Waals surface area contributed by atoms with Crippen molar-refractivity contribution in [1.82, 2.24) is 4.90 Å². The summed E-state index contributed by atoms with van der Waals surface area (Å²) < 4.78 is 0. The third-order valence-corrected chi connectivity index (χ3v) is 3.85. The molecule has 1 heteroatoms. The van der Waals surface area contributed by atoms with Crippen LogP contribution < -0.4 is 0 Å². The summed E-state index contributed by atoms with van der Waals surface area (Å²) in [6.45, 7) is 6.43. The van der Waals surface area contributed by atoms with Crippen LogP contribution in [0.1, 0.15) is 18.1 Å². The molecular formula is C21H19N. The molecule has 1 aliphatic rings. The van der Waals surface area contributed by atoms with E-state index in [4.69, 9.17) is 0 Å². The lowest BCUT2D eigenvalue weighted by Crippen LogP contribution is -2.16. The fraction of sp³-hybridized carbons (Fsp3) is 0.0476. The van der Waals surface area contributed by atoms with E-state index in [2.05, 4.69) is 73.2 Å². The van der Waals surface area contributed by atoms with E-state index in [0.717, 1.165) is 17.0 Å². The van der Waals surface area contributed by atoms with Crippen molar-refractivity contribution in [1.29, 1.82) is 0 Å². The molecule has 0 spiro atoms. The van der Waals surface area contributed by atoms with Crippen molar-refractivity contribution >= 4 is 11.3 Å². The third kappa shape index (κ3) is 2.79. The molecule has 0 N–H and O–H groups in total. The molecule has 2 aromatic rings. The van der Waals surface area contributed by atoms with Gasteiger partial charge in [-0.15, -0.1) is 0 Å². The Balaban J connectivity index is 2.01. The van der Waals surface area contributed by atoms with Crippen molar-refractivity contribution in [3.63, 3.8) is 0 Å². The normalized spacial score (nSPS) is 15.8. The molecule has 1 aliphatic heterocycles. The van der Waals surface area contributed by atoms with Gasteiger partial charge in [-0.25, -0.2) is 0 Å². The molecule has 0 unspecified atom stereocenters. The van der Waals surface area contributed by atoms with Crippen LogP contribution in [0, 0.1) is 0 Å². The molecule has 0 aliphatic carbocycles. The lowest BCUT2D eigenvalue weighted by Gasteiger charge is -2.28. The molecule has 0 radical (unpaired) electrons. The summed E-state index contributed by atoms with van der Waals surface area (Å²) in [5.74, 6) is 0. The first-order valence-electron chi connectivity index (χ1n) is 7.42. The highest BCUT2D eigenvalue weighted by Gasteiger charge is 2.15. The number of hydrogen-bond acceptors (Lipinski definition) is 1. The Hall–Kier alpha value is -2.80. The van der Waals surface area contributed by atoms with Gasteiger partial charge in [0.2, 0.25) is 0 Å². The standard InChI is InChI=1S/C21H19N/c1-17(19-11-5-3-6-12-19)21-15-9-10-16-22(21)18(2)20-13-7-4-8-14-20/h3-16H,2H2,1H3/b21-17+. The summed E-state index contributed by atoms with van der Waals surface area (Å²) >= 11 is 0. The average molecular weight is 285 g/mol. The topological polar surface area (TPSA) is 3.24 Å². The number of benzene rings is 2. The van der Waals surface area contributed by atoms with Gasteiger partial charge in [0.1, 0.15) is 0 Å². The van der Waals surface area contributed by atoms with Gasteiger partial charge < -0.3 is 4.90 Å². The highest BCUT2D eigenvalue weighted by molar-refractivity contribution is 5.75. The fourth-order valence-electron chi connectivity index (χ4n) is 2.59. The monoisotopic (exact) mass is 285 g/mol. The maximum atomic E-state index is 4.28. The van der Waals surface area contributed by atoms with Crippen molar-refractivity contribution in [2.24, 2.45) is 0 Å². The Bertz CT molecular complexity index is 749. The zero-order valence-corrected chi connectivity index (χ0v) is 12.7. The van der Waals surface area contributed by atoms with Gasteiger partial charge in [0.05, 0.1) is 0 Å². The predicted octanol–water partition coefficient (Wildman–Crippen LogP) is 5.47. The number of rotatable bonds is 3. The van der Waals surface area contributed by atoms with Gasteiger partial charge in [0.15, 0.2) is 0 Å². The Morgan fingerprint density at radius 2 is 1.41 bits per heavy atom. The summed E-state index contributed by atoms with van der Waals surface area (Å²) in [6.07, 6.45) is 8.31. The largest absolute Gasteiger partial charge is 0.317 e. The van der Waals surface area contributed by atoms with Crippen LogP contribution in [0.5, 0.6) is 0 Å². The second-order valence-corrected chi connectivity index (χ2v) is 5.26. The van der Waals surface area contributed by atoms with E-state index < -0.39 is 0 Å². The van der Waals surface area contributed by atoms with Crippen molar-refractivity contribution in [2.45, 2.75) is 6.92 Å². The number of hydrogen-bond donors (Lipinski definition) is 0. The van der Waals surface area contributed by atoms with Gasteiger partial charge in [0.25, 0.3) is 0 Å². The fourth-order valence-corrected chi connectivity index (χ4v) is 2.59. The highest BCUT2D eigenvalue weighted by Crippen LogP contribution is 2.30. The van der Waals surface area contributed by atoms with Crippen LogP contribution in [0.3, 0.4) is 0 Å². The number of allylic oxidation sites excluding steroid dienone is 4. The minimum absolute atomic E-state index is 0.978. The molecule has 0 fully saturated rings. The Morgan fingerprint density at radius 1 is 0.818 bits per heavy atom. The molecule has 0 amide bonds. The van der Waals surface area contributed by atoms with E-state index >= 15 is 0 Å². The molecule has 0 atom stereocenters. The molecule has 0 bridgehead atoms. The SMILES string of the molecule is C=C(c1ccccc1)N1C=CC=C/C1=C(/C)c1ccccc1. The van der Waals surface area contributed by atoms with E-state index in [0.29, 0.717) is 0 Å². The second-order valence-electron chi connectivity index (χ2n) is 5.26. The van der Waals surface area contributed by atoms with E-state index in [1.165, 1.54) is 11.1 Å². The van der Waals surface area contributed by atoms with Crippen molar-refractivity contribution < 1.29 is 0 Å². The second kappa shape index (κ2) is 6.31. The summed E-state index contributed by atoms with van der Waals surface area (Å²) in [4.78, 5) is 2.15. The molecule has 3 rings (SSSR count). The van der Waals surface area contributed by atoms with E-state index in [1.807, 2.05) is 30.3 Å². The third-order valence-electron chi connectivity index (χ3n) is 3.85. The zero-order chi connectivity index (χ0) is 15.4. The highest BCUT2D eigenvalue weighted by atomic mass is 15.1. The van der Waals surface area contributed by atoms with Crippen LogP contribution in [0.2, 0.25) is 0 Å². The molecule has 2 aromatic carbocycles. The first kappa shape index (κ1) is 14.2. The maximum Gasteiger partial charge on any atom is 0.0490 e. The van der Waals surface area contributed by atoms with Crippen molar-refractivity contribution in [3.05, 3.63) is 108 Å². The van der Waals surface area contributed by atoms with Crippen LogP contribution in [0.25, 0.3) is 11.3 Å². The molecule has 0 saturated heterocycles. The van der Waals surface area contributed by atoms with E-state index in [9.17, 15) is 0 Å². The van der Waals surface area contributed by atoms with Crippen LogP contribution in [0.15, 0.2) is 97.4 Å². The van der Waals surface area contributed by atoms with Crippen LogP contribution in [0.4, 0.5) is 0 Å². The lowest BCUT2D eigenvalue weighted by atomic mass is 10.0. The molecule has 108 valence electrons.